The van der Waals surface area contributed by atoms with Crippen LogP contribution in [0.2, 0.25) is 0 Å². The number of anilines is 2. The van der Waals surface area contributed by atoms with Gasteiger partial charge in [0.25, 0.3) is 0 Å². The minimum atomic E-state index is 0.434. The molecule has 0 amide bonds. The molecule has 0 unspecified atom stereocenters. The van der Waals surface area contributed by atoms with Gasteiger partial charge in [0, 0.05) is 26.3 Å². The smallest absolute Gasteiger partial charge is 0.239 e. The van der Waals surface area contributed by atoms with Crippen LogP contribution in [0, 0.1) is 0 Å². The van der Waals surface area contributed by atoms with Crippen LogP contribution in [0.1, 0.15) is 0 Å². The van der Waals surface area contributed by atoms with E-state index in [1.165, 1.54) is 0 Å². The van der Waals surface area contributed by atoms with E-state index in [0.29, 0.717) is 5.95 Å². The van der Waals surface area contributed by atoms with E-state index in [9.17, 15) is 0 Å². The summed E-state index contributed by atoms with van der Waals surface area (Å²) in [5.74, 6) is 6.53. The topological polar surface area (TPSA) is 70.3 Å². The fourth-order valence-electron chi connectivity index (χ4n) is 1.10. The van der Waals surface area contributed by atoms with Gasteiger partial charge >= 0.3 is 0 Å². The van der Waals surface area contributed by atoms with Gasteiger partial charge in [0.15, 0.2) is 0 Å². The van der Waals surface area contributed by atoms with Crippen molar-refractivity contribution < 1.29 is 0 Å². The highest BCUT2D eigenvalue weighted by atomic mass is 15.3. The van der Waals surface area contributed by atoms with E-state index in [0.717, 1.165) is 18.9 Å². The number of nitrogens with two attached hydrogens (primary N) is 1. The summed E-state index contributed by atoms with van der Waals surface area (Å²) in [4.78, 5) is 12.4. The van der Waals surface area contributed by atoms with E-state index in [1.54, 1.807) is 6.20 Å². The minimum absolute atomic E-state index is 0.434. The number of aromatic nitrogens is 2. The van der Waals surface area contributed by atoms with Gasteiger partial charge in [-0.15, -0.1) is 0 Å². The number of hydrazine groups is 1. The van der Waals surface area contributed by atoms with E-state index in [2.05, 4.69) is 25.2 Å². The van der Waals surface area contributed by atoms with Crippen LogP contribution >= 0.6 is 0 Å². The second kappa shape index (κ2) is 5.47. The second-order valence-corrected chi connectivity index (χ2v) is 3.61. The Morgan fingerprint density at radius 1 is 1.33 bits per heavy atom. The van der Waals surface area contributed by atoms with Crippen LogP contribution in [-0.4, -0.2) is 49.1 Å². The maximum Gasteiger partial charge on any atom is 0.239 e. The molecule has 84 valence electrons. The summed E-state index contributed by atoms with van der Waals surface area (Å²) in [6.07, 6.45) is 1.68. The number of hydrogen-bond donors (Lipinski definition) is 2. The number of nitrogens with one attached hydrogen (secondary N) is 1. The van der Waals surface area contributed by atoms with E-state index in [1.807, 2.05) is 27.2 Å². The van der Waals surface area contributed by atoms with Crippen LogP contribution in [0.5, 0.6) is 0 Å². The lowest BCUT2D eigenvalue weighted by atomic mass is 10.4. The molecule has 1 aromatic rings. The maximum absolute atomic E-state index is 5.24. The number of likely N-dealkylation sites (N-methyl/N-ethyl adjacent to an activating group) is 2. The summed E-state index contributed by atoms with van der Waals surface area (Å²) >= 11 is 0. The zero-order chi connectivity index (χ0) is 11.3. The minimum Gasteiger partial charge on any atom is -0.358 e. The van der Waals surface area contributed by atoms with Gasteiger partial charge in [-0.1, -0.05) is 0 Å². The Labute approximate surface area is 90.1 Å². The first kappa shape index (κ1) is 11.7. The normalized spacial score (nSPS) is 10.5. The highest BCUT2D eigenvalue weighted by Gasteiger charge is 2.03. The molecule has 0 radical (unpaired) electrons. The van der Waals surface area contributed by atoms with Gasteiger partial charge in [0.1, 0.15) is 5.82 Å². The van der Waals surface area contributed by atoms with Gasteiger partial charge in [-0.2, -0.15) is 4.98 Å². The molecule has 15 heavy (non-hydrogen) atoms. The number of nitrogen functional groups attached to an aromatic ring is 1. The molecule has 0 atom stereocenters. The highest BCUT2D eigenvalue weighted by Crippen LogP contribution is 2.08. The zero-order valence-corrected chi connectivity index (χ0v) is 9.44. The predicted octanol–water partition coefficient (Wildman–Crippen LogP) is -0.240. The average Bonchev–Trinajstić information content (AvgIpc) is 2.26. The summed E-state index contributed by atoms with van der Waals surface area (Å²) in [7, 11) is 6.08. The van der Waals surface area contributed by atoms with Crippen molar-refractivity contribution in [3.63, 3.8) is 0 Å². The fraction of sp³-hybridized carbons (Fsp3) is 0.556. The van der Waals surface area contributed by atoms with Crippen molar-refractivity contribution in [1.29, 1.82) is 0 Å². The second-order valence-electron chi connectivity index (χ2n) is 3.61. The van der Waals surface area contributed by atoms with Gasteiger partial charge in [0.05, 0.1) is 0 Å². The first-order valence-corrected chi connectivity index (χ1v) is 4.79. The van der Waals surface area contributed by atoms with Gasteiger partial charge < -0.3 is 9.80 Å². The van der Waals surface area contributed by atoms with E-state index >= 15 is 0 Å². The Morgan fingerprint density at radius 2 is 2.07 bits per heavy atom. The first-order chi connectivity index (χ1) is 7.13. The SMILES string of the molecule is CN(C)CCN(C)c1ccnc(NN)n1. The summed E-state index contributed by atoms with van der Waals surface area (Å²) in [5, 5.41) is 0. The largest absolute Gasteiger partial charge is 0.358 e. The molecule has 0 aliphatic rings. The molecule has 0 aromatic carbocycles. The average molecular weight is 210 g/mol. The lowest BCUT2D eigenvalue weighted by Gasteiger charge is -2.20. The van der Waals surface area contributed by atoms with E-state index in [4.69, 9.17) is 5.84 Å². The Balaban J connectivity index is 2.60. The summed E-state index contributed by atoms with van der Waals surface area (Å²) in [6, 6.07) is 1.86. The molecule has 1 heterocycles. The van der Waals surface area contributed by atoms with Crippen LogP contribution < -0.4 is 16.2 Å². The Hall–Kier alpha value is -1.40. The number of rotatable bonds is 5. The Bertz CT molecular complexity index is 300. The van der Waals surface area contributed by atoms with Crippen molar-refractivity contribution in [2.24, 2.45) is 5.84 Å². The van der Waals surface area contributed by atoms with Crippen molar-refractivity contribution in [2.45, 2.75) is 0 Å². The molecular weight excluding hydrogens is 192 g/mol. The summed E-state index contributed by atoms with van der Waals surface area (Å²) < 4.78 is 0. The molecular formula is C9H18N6. The molecule has 0 aliphatic heterocycles. The molecule has 3 N–H and O–H groups in total. The summed E-state index contributed by atoms with van der Waals surface area (Å²) in [5.41, 5.74) is 2.43. The van der Waals surface area contributed by atoms with Crippen molar-refractivity contribution in [2.75, 3.05) is 44.6 Å². The monoisotopic (exact) mass is 210 g/mol. The molecule has 1 aromatic heterocycles. The Morgan fingerprint density at radius 3 is 2.67 bits per heavy atom. The zero-order valence-electron chi connectivity index (χ0n) is 9.44. The third-order valence-electron chi connectivity index (χ3n) is 2.04. The van der Waals surface area contributed by atoms with Gasteiger partial charge in [-0.05, 0) is 20.2 Å². The molecule has 0 bridgehead atoms. The van der Waals surface area contributed by atoms with Crippen molar-refractivity contribution in [3.05, 3.63) is 12.3 Å². The maximum atomic E-state index is 5.24. The van der Waals surface area contributed by atoms with Crippen LogP contribution in [0.3, 0.4) is 0 Å². The van der Waals surface area contributed by atoms with Crippen molar-refractivity contribution in [1.82, 2.24) is 14.9 Å². The molecule has 0 saturated heterocycles. The van der Waals surface area contributed by atoms with Crippen molar-refractivity contribution >= 4 is 11.8 Å². The standard InChI is InChI=1S/C9H18N6/c1-14(2)6-7-15(3)8-4-5-11-9(12-8)13-10/h4-5H,6-7,10H2,1-3H3,(H,11,12,13). The third-order valence-corrected chi connectivity index (χ3v) is 2.04. The van der Waals surface area contributed by atoms with E-state index in [-0.39, 0.29) is 0 Å². The fourth-order valence-corrected chi connectivity index (χ4v) is 1.10. The van der Waals surface area contributed by atoms with Crippen molar-refractivity contribution in [3.8, 4) is 0 Å². The molecule has 0 fully saturated rings. The lowest BCUT2D eigenvalue weighted by molar-refractivity contribution is 0.416. The van der Waals surface area contributed by atoms with Crippen LogP contribution in [0.15, 0.2) is 12.3 Å². The van der Waals surface area contributed by atoms with Gasteiger partial charge in [-0.3, -0.25) is 5.43 Å². The number of nitrogens with zero attached hydrogens (tertiary/aromatic N) is 4. The quantitative estimate of drug-likeness (QED) is 0.516. The highest BCUT2D eigenvalue weighted by molar-refractivity contribution is 5.41. The molecule has 0 spiro atoms. The molecule has 1 rings (SSSR count). The van der Waals surface area contributed by atoms with E-state index < -0.39 is 0 Å². The van der Waals surface area contributed by atoms with Crippen LogP contribution in [-0.2, 0) is 0 Å². The van der Waals surface area contributed by atoms with Crippen LogP contribution in [0.4, 0.5) is 11.8 Å². The molecule has 6 nitrogen and oxygen atoms in total. The third kappa shape index (κ3) is 3.69. The molecule has 0 saturated carbocycles. The Kier molecular flexibility index (Phi) is 4.26. The molecule has 6 heteroatoms. The van der Waals surface area contributed by atoms with Gasteiger partial charge in [0.2, 0.25) is 5.95 Å². The number of hydrogen-bond acceptors (Lipinski definition) is 6. The first-order valence-electron chi connectivity index (χ1n) is 4.79. The van der Waals surface area contributed by atoms with Crippen LogP contribution in [0.25, 0.3) is 0 Å². The molecule has 0 aliphatic carbocycles. The predicted molar refractivity (Wildman–Crippen MR) is 61.7 cm³/mol. The summed E-state index contributed by atoms with van der Waals surface area (Å²) in [6.45, 7) is 1.89. The lowest BCUT2D eigenvalue weighted by Crippen LogP contribution is -2.29. The van der Waals surface area contributed by atoms with Gasteiger partial charge in [-0.25, -0.2) is 10.8 Å².